The monoisotopic (exact) mass is 412 g/mol. The zero-order valence-electron chi connectivity index (χ0n) is 16.7. The zero-order valence-corrected chi connectivity index (χ0v) is 16.7. The number of anilines is 1. The Balaban J connectivity index is 2.17. The number of ether oxygens (including phenoxy) is 1. The number of nitrogens with two attached hydrogens (primary N) is 1. The third kappa shape index (κ3) is 3.63. The van der Waals surface area contributed by atoms with Crippen molar-refractivity contribution in [3.63, 3.8) is 0 Å². The lowest BCUT2D eigenvalue weighted by molar-refractivity contribution is -0.133. The van der Waals surface area contributed by atoms with E-state index in [2.05, 4.69) is 0 Å². The molecule has 0 fully saturated rings. The van der Waals surface area contributed by atoms with Crippen molar-refractivity contribution in [3.05, 3.63) is 70.2 Å². The summed E-state index contributed by atoms with van der Waals surface area (Å²) in [6.07, 6.45) is 1.14. The Hall–Kier alpha value is -3.68. The van der Waals surface area contributed by atoms with Crippen LogP contribution >= 0.6 is 0 Å². The minimum atomic E-state index is -1.19. The molecule has 2 aromatic carbocycles. The number of carbonyl (C=O) groups excluding carboxylic acids is 2. The van der Waals surface area contributed by atoms with E-state index < -0.39 is 23.6 Å². The number of carboxylic acids is 1. The summed E-state index contributed by atoms with van der Waals surface area (Å²) in [4.78, 5) is 38.0. The van der Waals surface area contributed by atoms with E-state index in [9.17, 15) is 23.9 Å². The molecule has 1 heterocycles. The average Bonchev–Trinajstić information content (AvgIpc) is 2.70. The number of amides is 2. The largest absolute Gasteiger partial charge is 0.495 e. The Morgan fingerprint density at radius 1 is 1.20 bits per heavy atom. The van der Waals surface area contributed by atoms with Crippen molar-refractivity contribution in [1.29, 1.82) is 0 Å². The molecule has 7 nitrogen and oxygen atoms in total. The van der Waals surface area contributed by atoms with Gasteiger partial charge in [-0.05, 0) is 48.7 Å². The molecule has 0 saturated heterocycles. The van der Waals surface area contributed by atoms with Crippen LogP contribution in [0.3, 0.4) is 0 Å². The highest BCUT2D eigenvalue weighted by Crippen LogP contribution is 2.41. The number of carbonyl (C=O) groups is 3. The number of hydrogen-bond acceptors (Lipinski definition) is 4. The molecule has 1 aliphatic rings. The van der Waals surface area contributed by atoms with Gasteiger partial charge in [0, 0.05) is 24.1 Å². The van der Waals surface area contributed by atoms with Gasteiger partial charge in [0.05, 0.1) is 18.4 Å². The molecule has 2 amide bonds. The highest BCUT2D eigenvalue weighted by Gasteiger charge is 2.35. The second kappa shape index (κ2) is 7.98. The lowest BCUT2D eigenvalue weighted by Gasteiger charge is -2.32. The van der Waals surface area contributed by atoms with Crippen LogP contribution in [0.1, 0.15) is 39.4 Å². The van der Waals surface area contributed by atoms with Gasteiger partial charge >= 0.3 is 5.97 Å². The molecule has 0 aromatic heterocycles. The van der Waals surface area contributed by atoms with Gasteiger partial charge in [-0.1, -0.05) is 12.1 Å². The number of benzene rings is 2. The van der Waals surface area contributed by atoms with E-state index >= 15 is 0 Å². The van der Waals surface area contributed by atoms with Crippen LogP contribution in [0.2, 0.25) is 0 Å². The molecular formula is C22H21FN2O5. The normalized spacial score (nSPS) is 16.3. The van der Waals surface area contributed by atoms with Gasteiger partial charge in [-0.3, -0.25) is 14.5 Å². The van der Waals surface area contributed by atoms with Gasteiger partial charge < -0.3 is 15.6 Å². The molecule has 1 aliphatic heterocycles. The van der Waals surface area contributed by atoms with Crippen LogP contribution in [0.5, 0.6) is 5.75 Å². The number of methoxy groups -OCH3 is 1. The predicted octanol–water partition coefficient (Wildman–Crippen LogP) is 3.04. The molecule has 2 aromatic rings. The molecule has 0 radical (unpaired) electrons. The molecule has 0 spiro atoms. The van der Waals surface area contributed by atoms with E-state index in [4.69, 9.17) is 10.5 Å². The van der Waals surface area contributed by atoms with Crippen LogP contribution < -0.4 is 15.4 Å². The van der Waals surface area contributed by atoms with E-state index in [0.29, 0.717) is 22.4 Å². The summed E-state index contributed by atoms with van der Waals surface area (Å²) in [5, 5.41) is 9.77. The van der Waals surface area contributed by atoms with Crippen LogP contribution in [0.15, 0.2) is 42.1 Å². The summed E-state index contributed by atoms with van der Waals surface area (Å²) in [6.45, 7) is 3.39. The maximum Gasteiger partial charge on any atom is 0.333 e. The second-order valence-electron chi connectivity index (χ2n) is 7.05. The molecule has 0 aliphatic carbocycles. The van der Waals surface area contributed by atoms with E-state index in [1.54, 1.807) is 13.8 Å². The van der Waals surface area contributed by atoms with Crippen LogP contribution in [0, 0.1) is 19.7 Å². The van der Waals surface area contributed by atoms with Crippen LogP contribution in [0.25, 0.3) is 0 Å². The molecule has 0 saturated carbocycles. The summed E-state index contributed by atoms with van der Waals surface area (Å²) in [6, 6.07) is 6.83. The van der Waals surface area contributed by atoms with Crippen LogP contribution in [-0.4, -0.2) is 30.0 Å². The molecule has 0 bridgehead atoms. The second-order valence-corrected chi connectivity index (χ2v) is 7.05. The molecule has 156 valence electrons. The topological polar surface area (TPSA) is 110 Å². The fourth-order valence-corrected chi connectivity index (χ4v) is 3.65. The molecule has 1 atom stereocenters. The van der Waals surface area contributed by atoms with Crippen molar-refractivity contribution >= 4 is 23.5 Å². The van der Waals surface area contributed by atoms with Crippen LogP contribution in [-0.2, 0) is 9.59 Å². The summed E-state index contributed by atoms with van der Waals surface area (Å²) < 4.78 is 18.6. The first-order valence-corrected chi connectivity index (χ1v) is 9.16. The molecule has 3 N–H and O–H groups in total. The Bertz CT molecular complexity index is 1080. The van der Waals surface area contributed by atoms with Crippen LogP contribution in [0.4, 0.5) is 10.1 Å². The SMILES string of the molecule is COc1cc(C(N)=O)c(C)c(C)c1N1C=C(C(=O)O)C(c2ccc(F)cc2)CC1=O. The fourth-order valence-electron chi connectivity index (χ4n) is 3.65. The molecular weight excluding hydrogens is 391 g/mol. The minimum Gasteiger partial charge on any atom is -0.495 e. The number of aliphatic carboxylic acids is 1. The zero-order chi connectivity index (χ0) is 22.2. The quantitative estimate of drug-likeness (QED) is 0.784. The molecule has 30 heavy (non-hydrogen) atoms. The lowest BCUT2D eigenvalue weighted by Crippen LogP contribution is -2.35. The van der Waals surface area contributed by atoms with Crippen molar-refractivity contribution in [3.8, 4) is 5.75 Å². The Labute approximate surface area is 172 Å². The maximum atomic E-state index is 13.3. The highest BCUT2D eigenvalue weighted by molar-refractivity contribution is 6.05. The van der Waals surface area contributed by atoms with E-state index in [0.717, 1.165) is 0 Å². The van der Waals surface area contributed by atoms with Gasteiger partial charge in [0.2, 0.25) is 11.8 Å². The van der Waals surface area contributed by atoms with Crippen molar-refractivity contribution in [1.82, 2.24) is 0 Å². The smallest absolute Gasteiger partial charge is 0.333 e. The van der Waals surface area contributed by atoms with Gasteiger partial charge in [-0.25, -0.2) is 9.18 Å². The molecule has 1 unspecified atom stereocenters. The maximum absolute atomic E-state index is 13.3. The number of rotatable bonds is 5. The third-order valence-electron chi connectivity index (χ3n) is 5.37. The first kappa shape index (κ1) is 21.0. The van der Waals surface area contributed by atoms with E-state index in [1.165, 1.54) is 48.5 Å². The highest BCUT2D eigenvalue weighted by atomic mass is 19.1. The first-order chi connectivity index (χ1) is 14.1. The van der Waals surface area contributed by atoms with E-state index in [-0.39, 0.29) is 29.2 Å². The molecule has 8 heteroatoms. The number of carboxylic acid groups (broad SMARTS) is 1. The van der Waals surface area contributed by atoms with Crippen molar-refractivity contribution in [2.24, 2.45) is 5.73 Å². The van der Waals surface area contributed by atoms with Gasteiger partial charge in [-0.15, -0.1) is 0 Å². The Kier molecular flexibility index (Phi) is 5.60. The van der Waals surface area contributed by atoms with Crippen molar-refractivity contribution in [2.75, 3.05) is 12.0 Å². The number of hydrogen-bond donors (Lipinski definition) is 2. The Morgan fingerprint density at radius 2 is 1.83 bits per heavy atom. The first-order valence-electron chi connectivity index (χ1n) is 9.16. The van der Waals surface area contributed by atoms with Gasteiger partial charge in [0.1, 0.15) is 11.6 Å². The average molecular weight is 412 g/mol. The summed E-state index contributed by atoms with van der Waals surface area (Å²) >= 11 is 0. The minimum absolute atomic E-state index is 0.0145. The van der Waals surface area contributed by atoms with Gasteiger partial charge in [0.25, 0.3) is 0 Å². The number of halogens is 1. The standard InChI is InChI=1S/C22H21FN2O5/c1-11-12(2)20(18(30-3)8-15(11)21(24)27)25-10-17(22(28)29)16(9-19(25)26)13-4-6-14(23)7-5-13/h4-8,10,16H,9H2,1-3H3,(H2,24,27)(H,28,29). The van der Waals surface area contributed by atoms with Crippen molar-refractivity contribution in [2.45, 2.75) is 26.2 Å². The summed E-state index contributed by atoms with van der Waals surface area (Å²) in [5.74, 6) is -3.13. The number of primary amides is 1. The predicted molar refractivity (Wildman–Crippen MR) is 108 cm³/mol. The van der Waals surface area contributed by atoms with Gasteiger partial charge in [0.15, 0.2) is 0 Å². The fraction of sp³-hybridized carbons (Fsp3) is 0.227. The number of nitrogens with zero attached hydrogens (tertiary/aromatic N) is 1. The third-order valence-corrected chi connectivity index (χ3v) is 5.37. The summed E-state index contributed by atoms with van der Waals surface area (Å²) in [5.41, 5.74) is 7.68. The van der Waals surface area contributed by atoms with Crippen molar-refractivity contribution < 1.29 is 28.6 Å². The Morgan fingerprint density at radius 3 is 2.37 bits per heavy atom. The summed E-state index contributed by atoms with van der Waals surface area (Å²) in [7, 11) is 1.38. The van der Waals surface area contributed by atoms with E-state index in [1.807, 2.05) is 0 Å². The lowest BCUT2D eigenvalue weighted by atomic mass is 9.85. The van der Waals surface area contributed by atoms with Gasteiger partial charge in [-0.2, -0.15) is 0 Å². The molecule has 3 rings (SSSR count).